The maximum Gasteiger partial charge on any atom is 0.279 e. The van der Waals surface area contributed by atoms with E-state index in [-0.39, 0.29) is 0 Å². The van der Waals surface area contributed by atoms with E-state index in [4.69, 9.17) is 14.2 Å². The third-order valence-electron chi connectivity index (χ3n) is 4.37. The van der Waals surface area contributed by atoms with Crippen molar-refractivity contribution in [1.82, 2.24) is 10.9 Å². The van der Waals surface area contributed by atoms with Gasteiger partial charge in [0, 0.05) is 6.08 Å². The number of rotatable bonds is 7. The third-order valence-corrected chi connectivity index (χ3v) is 4.37. The summed E-state index contributed by atoms with van der Waals surface area (Å²) in [6, 6.07) is 10.9. The maximum absolute atomic E-state index is 12.2. The number of hydrazine groups is 1. The summed E-state index contributed by atoms with van der Waals surface area (Å²) >= 11 is 0. The van der Waals surface area contributed by atoms with E-state index in [1.165, 1.54) is 13.2 Å². The first-order valence-electron chi connectivity index (χ1n) is 9.08. The highest BCUT2D eigenvalue weighted by molar-refractivity contribution is 5.93. The highest BCUT2D eigenvalue weighted by Gasteiger charge is 2.16. The second-order valence-electron chi connectivity index (χ2n) is 6.38. The molecule has 0 aliphatic carbocycles. The van der Waals surface area contributed by atoms with Crippen LogP contribution in [-0.4, -0.2) is 32.1 Å². The molecule has 2 aromatic rings. The number of hydrogen-bond acceptors (Lipinski definition) is 5. The van der Waals surface area contributed by atoms with Crippen LogP contribution in [0.15, 0.2) is 42.5 Å². The standard InChI is InChI=1S/C22H26N2O5/c1-14-7-6-8-18(15(14)2)29-16(3)22(26)24-23-21(25)12-10-17-9-11-19(27-4)20(13-17)28-5/h6-13,16H,1-5H3,(H,23,25)(H,24,26)/b12-10+/t16-/m0/s1. The minimum atomic E-state index is -0.773. The van der Waals surface area contributed by atoms with E-state index in [2.05, 4.69) is 10.9 Å². The van der Waals surface area contributed by atoms with E-state index < -0.39 is 17.9 Å². The maximum atomic E-state index is 12.2. The van der Waals surface area contributed by atoms with Crippen LogP contribution in [0.2, 0.25) is 0 Å². The number of methoxy groups -OCH3 is 2. The topological polar surface area (TPSA) is 85.9 Å². The summed E-state index contributed by atoms with van der Waals surface area (Å²) in [5, 5.41) is 0. The zero-order valence-electron chi connectivity index (χ0n) is 17.2. The Morgan fingerprint density at radius 1 is 0.966 bits per heavy atom. The molecule has 29 heavy (non-hydrogen) atoms. The average Bonchev–Trinajstić information content (AvgIpc) is 2.73. The largest absolute Gasteiger partial charge is 0.493 e. The normalized spacial score (nSPS) is 11.6. The first-order chi connectivity index (χ1) is 13.8. The van der Waals surface area contributed by atoms with Crippen molar-refractivity contribution in [2.45, 2.75) is 26.9 Å². The van der Waals surface area contributed by atoms with Crippen molar-refractivity contribution in [3.8, 4) is 17.2 Å². The van der Waals surface area contributed by atoms with Crippen molar-refractivity contribution in [3.63, 3.8) is 0 Å². The van der Waals surface area contributed by atoms with Crippen LogP contribution in [0.1, 0.15) is 23.6 Å². The van der Waals surface area contributed by atoms with Crippen LogP contribution in [0.4, 0.5) is 0 Å². The van der Waals surface area contributed by atoms with E-state index >= 15 is 0 Å². The van der Waals surface area contributed by atoms with Gasteiger partial charge in [0.1, 0.15) is 5.75 Å². The summed E-state index contributed by atoms with van der Waals surface area (Å²) < 4.78 is 16.1. The Hall–Kier alpha value is -3.48. The molecule has 0 aromatic heterocycles. The highest BCUT2D eigenvalue weighted by atomic mass is 16.5. The lowest BCUT2D eigenvalue weighted by Gasteiger charge is -2.17. The second-order valence-corrected chi connectivity index (χ2v) is 6.38. The number of hydrogen-bond donors (Lipinski definition) is 2. The van der Waals surface area contributed by atoms with Gasteiger partial charge >= 0.3 is 0 Å². The van der Waals surface area contributed by atoms with Crippen molar-refractivity contribution in [2.75, 3.05) is 14.2 Å². The molecule has 2 rings (SSSR count). The lowest BCUT2D eigenvalue weighted by atomic mass is 10.1. The van der Waals surface area contributed by atoms with Gasteiger partial charge in [-0.1, -0.05) is 18.2 Å². The first-order valence-corrected chi connectivity index (χ1v) is 9.08. The van der Waals surface area contributed by atoms with Crippen LogP contribution < -0.4 is 25.1 Å². The van der Waals surface area contributed by atoms with E-state index in [1.54, 1.807) is 44.4 Å². The summed E-state index contributed by atoms with van der Waals surface area (Å²) in [5.74, 6) is 0.846. The van der Waals surface area contributed by atoms with Gasteiger partial charge in [-0.25, -0.2) is 0 Å². The van der Waals surface area contributed by atoms with Gasteiger partial charge in [-0.3, -0.25) is 20.4 Å². The molecule has 0 aliphatic rings. The number of amides is 2. The molecule has 2 aromatic carbocycles. The Balaban J connectivity index is 1.88. The van der Waals surface area contributed by atoms with Crippen molar-refractivity contribution < 1.29 is 23.8 Å². The van der Waals surface area contributed by atoms with Gasteiger partial charge in [-0.15, -0.1) is 0 Å². The van der Waals surface area contributed by atoms with Gasteiger partial charge in [-0.05, 0) is 61.7 Å². The van der Waals surface area contributed by atoms with E-state index in [0.717, 1.165) is 16.7 Å². The molecule has 0 radical (unpaired) electrons. The van der Waals surface area contributed by atoms with E-state index in [1.807, 2.05) is 26.0 Å². The number of nitrogens with one attached hydrogen (secondary N) is 2. The Bertz CT molecular complexity index is 908. The minimum absolute atomic E-state index is 0.459. The monoisotopic (exact) mass is 398 g/mol. The summed E-state index contributed by atoms with van der Waals surface area (Å²) in [6.45, 7) is 5.51. The van der Waals surface area contributed by atoms with Crippen molar-refractivity contribution in [2.24, 2.45) is 0 Å². The minimum Gasteiger partial charge on any atom is -0.493 e. The van der Waals surface area contributed by atoms with Gasteiger partial charge in [0.15, 0.2) is 17.6 Å². The molecule has 0 heterocycles. The number of ether oxygens (including phenoxy) is 3. The van der Waals surface area contributed by atoms with Crippen LogP contribution in [0.25, 0.3) is 6.08 Å². The summed E-state index contributed by atoms with van der Waals surface area (Å²) in [4.78, 5) is 24.1. The molecule has 2 amide bonds. The number of benzene rings is 2. The van der Waals surface area contributed by atoms with Crippen LogP contribution in [0.5, 0.6) is 17.2 Å². The molecular weight excluding hydrogens is 372 g/mol. The van der Waals surface area contributed by atoms with E-state index in [9.17, 15) is 9.59 Å². The molecule has 7 heteroatoms. The number of aryl methyl sites for hydroxylation is 1. The second kappa shape index (κ2) is 10.2. The Kier molecular flexibility index (Phi) is 7.65. The Labute approximate surface area is 170 Å². The van der Waals surface area contributed by atoms with Gasteiger partial charge in [-0.2, -0.15) is 0 Å². The van der Waals surface area contributed by atoms with Gasteiger partial charge in [0.2, 0.25) is 0 Å². The molecule has 2 N–H and O–H groups in total. The van der Waals surface area contributed by atoms with Crippen LogP contribution in [-0.2, 0) is 9.59 Å². The number of carbonyl (C=O) groups is 2. The molecule has 0 aliphatic heterocycles. The quantitative estimate of drug-likeness (QED) is 0.553. The molecule has 0 saturated heterocycles. The fourth-order valence-corrected chi connectivity index (χ4v) is 2.49. The van der Waals surface area contributed by atoms with Crippen molar-refractivity contribution in [1.29, 1.82) is 0 Å². The molecular formula is C22H26N2O5. The van der Waals surface area contributed by atoms with E-state index in [0.29, 0.717) is 17.2 Å². The van der Waals surface area contributed by atoms with Crippen LogP contribution in [0, 0.1) is 13.8 Å². The average molecular weight is 398 g/mol. The lowest BCUT2D eigenvalue weighted by molar-refractivity contribution is -0.131. The molecule has 154 valence electrons. The Morgan fingerprint density at radius 2 is 1.69 bits per heavy atom. The number of carbonyl (C=O) groups excluding carboxylic acids is 2. The molecule has 0 bridgehead atoms. The molecule has 1 atom stereocenters. The predicted molar refractivity (Wildman–Crippen MR) is 111 cm³/mol. The molecule has 0 fully saturated rings. The fraction of sp³-hybridized carbons (Fsp3) is 0.273. The zero-order chi connectivity index (χ0) is 21.4. The molecule has 0 spiro atoms. The Morgan fingerprint density at radius 3 is 2.38 bits per heavy atom. The summed E-state index contributed by atoms with van der Waals surface area (Å²) in [5.41, 5.74) is 7.48. The summed E-state index contributed by atoms with van der Waals surface area (Å²) in [6.07, 6.45) is 2.13. The first kappa shape index (κ1) is 21.8. The summed E-state index contributed by atoms with van der Waals surface area (Å²) in [7, 11) is 3.09. The molecule has 0 saturated carbocycles. The van der Waals surface area contributed by atoms with Gasteiger partial charge < -0.3 is 14.2 Å². The zero-order valence-corrected chi connectivity index (χ0v) is 17.2. The van der Waals surface area contributed by atoms with Gasteiger partial charge in [0.25, 0.3) is 11.8 Å². The lowest BCUT2D eigenvalue weighted by Crippen LogP contribution is -2.46. The van der Waals surface area contributed by atoms with Crippen molar-refractivity contribution in [3.05, 3.63) is 59.2 Å². The fourth-order valence-electron chi connectivity index (χ4n) is 2.49. The molecule has 7 nitrogen and oxygen atoms in total. The highest BCUT2D eigenvalue weighted by Crippen LogP contribution is 2.28. The smallest absolute Gasteiger partial charge is 0.279 e. The predicted octanol–water partition coefficient (Wildman–Crippen LogP) is 2.95. The van der Waals surface area contributed by atoms with Gasteiger partial charge in [0.05, 0.1) is 14.2 Å². The van der Waals surface area contributed by atoms with Crippen LogP contribution in [0.3, 0.4) is 0 Å². The van der Waals surface area contributed by atoms with Crippen LogP contribution >= 0.6 is 0 Å². The third kappa shape index (κ3) is 6.00. The van der Waals surface area contributed by atoms with Crippen molar-refractivity contribution >= 4 is 17.9 Å². The molecule has 0 unspecified atom stereocenters. The SMILES string of the molecule is COc1ccc(/C=C/C(=O)NNC(=O)[C@H](C)Oc2cccc(C)c2C)cc1OC.